The number of nitrogens with zero attached hydrogens (tertiary/aromatic N) is 1. The van der Waals surface area contributed by atoms with E-state index in [2.05, 4.69) is 0 Å². The fourth-order valence-corrected chi connectivity index (χ4v) is 3.10. The van der Waals surface area contributed by atoms with E-state index in [0.29, 0.717) is 6.54 Å². The van der Waals surface area contributed by atoms with E-state index in [1.54, 1.807) is 18.9 Å². The van der Waals surface area contributed by atoms with E-state index in [9.17, 15) is 14.2 Å². The van der Waals surface area contributed by atoms with Gasteiger partial charge in [0.15, 0.2) is 0 Å². The van der Waals surface area contributed by atoms with Gasteiger partial charge in [0.05, 0.1) is 0 Å². The van der Waals surface area contributed by atoms with E-state index in [4.69, 9.17) is 19.6 Å². The summed E-state index contributed by atoms with van der Waals surface area (Å²) in [4.78, 5) is 36.8. The third kappa shape index (κ3) is 3.61. The molecule has 0 aliphatic carbocycles. The minimum Gasteiger partial charge on any atom is -0.367 e. The van der Waals surface area contributed by atoms with Crippen LogP contribution in [0.4, 0.5) is 0 Å². The Hall–Kier alpha value is 0.220. The molecule has 0 radical (unpaired) electrons. The van der Waals surface area contributed by atoms with Crippen molar-refractivity contribution in [2.45, 2.75) is 18.4 Å². The van der Waals surface area contributed by atoms with Crippen molar-refractivity contribution in [1.82, 2.24) is 4.90 Å². The van der Waals surface area contributed by atoms with E-state index < -0.39 is 26.7 Å². The smallest absolute Gasteiger partial charge is 0.367 e. The quantitative estimate of drug-likeness (QED) is 0.403. The van der Waals surface area contributed by atoms with Crippen molar-refractivity contribution in [1.29, 1.82) is 0 Å². The highest BCUT2D eigenvalue weighted by molar-refractivity contribution is 7.72. The van der Waals surface area contributed by atoms with Gasteiger partial charge in [0.2, 0.25) is 0 Å². The summed E-state index contributed by atoms with van der Waals surface area (Å²) in [5, 5.41) is 6.17. The minimum atomic E-state index is -5.31. The molecule has 0 aromatic rings. The topological polar surface area (TPSA) is 139 Å². The summed E-state index contributed by atoms with van der Waals surface area (Å²) in [6, 6.07) is 0. The van der Waals surface area contributed by atoms with E-state index in [1.807, 2.05) is 0 Å². The van der Waals surface area contributed by atoms with E-state index in [-0.39, 0.29) is 6.54 Å². The first-order valence-electron chi connectivity index (χ1n) is 4.48. The van der Waals surface area contributed by atoms with E-state index in [0.717, 1.165) is 0 Å². The molecule has 0 rings (SSSR count). The zero-order chi connectivity index (χ0) is 13.2. The zero-order valence-corrected chi connectivity index (χ0v) is 10.8. The van der Waals surface area contributed by atoms with Gasteiger partial charge in [0.25, 0.3) is 5.08 Å². The molecule has 0 spiro atoms. The fourth-order valence-electron chi connectivity index (χ4n) is 0.960. The maximum Gasteiger partial charge on any atom is 0.369 e. The highest BCUT2D eigenvalue weighted by atomic mass is 31.2. The van der Waals surface area contributed by atoms with Crippen LogP contribution in [0, 0.1) is 0 Å². The number of hydrogen-bond acceptors (Lipinski definition) is 4. The molecule has 0 heterocycles. The molecule has 8 nitrogen and oxygen atoms in total. The van der Waals surface area contributed by atoms with Crippen LogP contribution in [0.5, 0.6) is 0 Å². The lowest BCUT2D eigenvalue weighted by atomic mass is 10.4. The maximum absolute atomic E-state index is 10.9. The van der Waals surface area contributed by atoms with Crippen LogP contribution in [0.3, 0.4) is 0 Å². The highest BCUT2D eigenvalue weighted by Crippen LogP contribution is 2.68. The molecule has 0 saturated heterocycles. The highest BCUT2D eigenvalue weighted by Gasteiger charge is 2.58. The fraction of sp³-hybridized carbons (Fsp3) is 1.00. The molecule has 0 bridgehead atoms. The predicted octanol–water partition coefficient (Wildman–Crippen LogP) is -0.670. The van der Waals surface area contributed by atoms with Crippen LogP contribution in [0.1, 0.15) is 13.3 Å². The molecule has 0 atom stereocenters. The van der Waals surface area contributed by atoms with Crippen LogP contribution in [0.2, 0.25) is 0 Å². The molecule has 5 N–H and O–H groups in total. The molecule has 0 aliphatic heterocycles. The summed E-state index contributed by atoms with van der Waals surface area (Å²) in [5.41, 5.74) is 0. The molecule has 98 valence electrons. The predicted molar refractivity (Wildman–Crippen MR) is 56.8 cm³/mol. The Bertz CT molecular complexity index is 299. The molecular weight excluding hydrogens is 260 g/mol. The van der Waals surface area contributed by atoms with Gasteiger partial charge in [0, 0.05) is 13.0 Å². The van der Waals surface area contributed by atoms with Gasteiger partial charge in [-0.1, -0.05) is 6.92 Å². The van der Waals surface area contributed by atoms with Gasteiger partial charge in [-0.15, -0.1) is 0 Å². The average Bonchev–Trinajstić information content (AvgIpc) is 2.09. The SMILES string of the molecule is CCN(C)CCC(O)(P(=O)(O)O)P(=O)(O)O. The van der Waals surface area contributed by atoms with Gasteiger partial charge in [-0.3, -0.25) is 9.13 Å². The van der Waals surface area contributed by atoms with Gasteiger partial charge in [-0.05, 0) is 13.6 Å². The van der Waals surface area contributed by atoms with Gasteiger partial charge >= 0.3 is 15.2 Å². The first kappa shape index (κ1) is 16.2. The number of rotatable bonds is 6. The second kappa shape index (κ2) is 5.25. The second-order valence-electron chi connectivity index (χ2n) is 3.51. The third-order valence-electron chi connectivity index (χ3n) is 2.30. The molecular formula is C6H17NO7P2. The van der Waals surface area contributed by atoms with Gasteiger partial charge in [0.1, 0.15) is 0 Å². The summed E-state index contributed by atoms with van der Waals surface area (Å²) in [5.74, 6) is 0. The maximum atomic E-state index is 10.9. The summed E-state index contributed by atoms with van der Waals surface area (Å²) >= 11 is 0. The lowest BCUT2D eigenvalue weighted by Crippen LogP contribution is -2.33. The number of hydrogen-bond donors (Lipinski definition) is 5. The number of aliphatic hydroxyl groups is 1. The van der Waals surface area contributed by atoms with Crippen LogP contribution in [-0.2, 0) is 9.13 Å². The first-order chi connectivity index (χ1) is 6.95. The van der Waals surface area contributed by atoms with Crippen molar-refractivity contribution in [3.05, 3.63) is 0 Å². The summed E-state index contributed by atoms with van der Waals surface area (Å²) < 4.78 is 21.9. The Morgan fingerprint density at radius 2 is 1.50 bits per heavy atom. The van der Waals surface area contributed by atoms with Crippen LogP contribution in [0.15, 0.2) is 0 Å². The second-order valence-corrected chi connectivity index (χ2v) is 7.52. The molecule has 0 aromatic heterocycles. The standard InChI is InChI=1S/C6H17NO7P2/c1-3-7(2)5-4-6(8,15(9,10)11)16(12,13)14/h8H,3-5H2,1-2H3,(H2,9,10,11)(H2,12,13,14). The van der Waals surface area contributed by atoms with Crippen molar-refractivity contribution < 1.29 is 33.8 Å². The molecule has 0 amide bonds. The van der Waals surface area contributed by atoms with Crippen molar-refractivity contribution in [2.24, 2.45) is 0 Å². The lowest BCUT2D eigenvalue weighted by molar-refractivity contribution is 0.113. The van der Waals surface area contributed by atoms with Gasteiger partial charge in [-0.25, -0.2) is 0 Å². The Labute approximate surface area is 93.2 Å². The van der Waals surface area contributed by atoms with Crippen molar-refractivity contribution in [3.8, 4) is 0 Å². The molecule has 0 aliphatic rings. The lowest BCUT2D eigenvalue weighted by Gasteiger charge is -2.30. The summed E-state index contributed by atoms with van der Waals surface area (Å²) in [6.07, 6.45) is -0.702. The van der Waals surface area contributed by atoms with Crippen molar-refractivity contribution >= 4 is 15.2 Å². The normalized spacial score (nSPS) is 14.5. The first-order valence-corrected chi connectivity index (χ1v) is 7.70. The molecule has 16 heavy (non-hydrogen) atoms. The minimum absolute atomic E-state index is 0.0385. The van der Waals surface area contributed by atoms with Crippen LogP contribution >= 0.6 is 15.2 Å². The van der Waals surface area contributed by atoms with Crippen LogP contribution in [-0.4, -0.2) is 54.8 Å². The Morgan fingerprint density at radius 1 is 1.12 bits per heavy atom. The third-order valence-corrected chi connectivity index (χ3v) is 6.18. The van der Waals surface area contributed by atoms with E-state index >= 15 is 0 Å². The molecule has 0 aromatic carbocycles. The largest absolute Gasteiger partial charge is 0.369 e. The Kier molecular flexibility index (Phi) is 5.32. The van der Waals surface area contributed by atoms with Gasteiger partial charge < -0.3 is 29.6 Å². The average molecular weight is 277 g/mol. The molecule has 0 unspecified atom stereocenters. The van der Waals surface area contributed by atoms with Crippen molar-refractivity contribution in [2.75, 3.05) is 20.1 Å². The van der Waals surface area contributed by atoms with E-state index in [1.165, 1.54) is 0 Å². The summed E-state index contributed by atoms with van der Waals surface area (Å²) in [7, 11) is -9.02. The Balaban J connectivity index is 5.00. The Morgan fingerprint density at radius 3 is 1.75 bits per heavy atom. The molecule has 10 heteroatoms. The molecule has 0 saturated carbocycles. The summed E-state index contributed by atoms with van der Waals surface area (Å²) in [6.45, 7) is 2.25. The monoisotopic (exact) mass is 277 g/mol. The van der Waals surface area contributed by atoms with Crippen LogP contribution in [0.25, 0.3) is 0 Å². The van der Waals surface area contributed by atoms with Crippen molar-refractivity contribution in [3.63, 3.8) is 0 Å². The van der Waals surface area contributed by atoms with Gasteiger partial charge in [-0.2, -0.15) is 0 Å². The zero-order valence-electron chi connectivity index (χ0n) is 9.02. The van der Waals surface area contributed by atoms with Crippen LogP contribution < -0.4 is 0 Å². The molecule has 0 fully saturated rings.